The average Bonchev–Trinajstić information content (AvgIpc) is 3.08. The van der Waals surface area contributed by atoms with Crippen molar-refractivity contribution in [2.45, 2.75) is 37.3 Å². The van der Waals surface area contributed by atoms with Crippen molar-refractivity contribution in [3.8, 4) is 11.5 Å². The van der Waals surface area contributed by atoms with E-state index in [1.165, 1.54) is 0 Å². The van der Waals surface area contributed by atoms with Crippen LogP contribution in [0.25, 0.3) is 0 Å². The number of rotatable bonds is 6. The molecule has 8 nitrogen and oxygen atoms in total. The van der Waals surface area contributed by atoms with Gasteiger partial charge in [0.2, 0.25) is 5.91 Å². The van der Waals surface area contributed by atoms with Crippen LogP contribution in [0.2, 0.25) is 0 Å². The molecule has 1 aliphatic heterocycles. The summed E-state index contributed by atoms with van der Waals surface area (Å²) in [7, 11) is 3.19. The third-order valence-corrected chi connectivity index (χ3v) is 6.77. The first kappa shape index (κ1) is 22.3. The number of benzene rings is 2. The summed E-state index contributed by atoms with van der Waals surface area (Å²) in [6.45, 7) is 0.395. The van der Waals surface area contributed by atoms with Crippen LogP contribution < -0.4 is 20.1 Å². The molecule has 0 spiro atoms. The number of amides is 1. The van der Waals surface area contributed by atoms with Gasteiger partial charge in [0.1, 0.15) is 17.6 Å². The molecule has 0 radical (unpaired) electrons. The number of thiocarbonyl (C=S) groups is 1. The zero-order chi connectivity index (χ0) is 23.0. The van der Waals surface area contributed by atoms with Gasteiger partial charge in [-0.2, -0.15) is 0 Å². The molecule has 170 valence electrons. The van der Waals surface area contributed by atoms with Gasteiger partial charge < -0.3 is 35.2 Å². The largest absolute Gasteiger partial charge is 0.497 e. The van der Waals surface area contributed by atoms with Gasteiger partial charge in [0.05, 0.1) is 38.3 Å². The van der Waals surface area contributed by atoms with Crippen LogP contribution in [-0.2, 0) is 11.3 Å². The van der Waals surface area contributed by atoms with Gasteiger partial charge in [-0.15, -0.1) is 0 Å². The van der Waals surface area contributed by atoms with Crippen molar-refractivity contribution < 1.29 is 24.5 Å². The number of ether oxygens (including phenoxy) is 2. The van der Waals surface area contributed by atoms with Crippen molar-refractivity contribution >= 4 is 28.9 Å². The van der Waals surface area contributed by atoms with E-state index in [0.717, 1.165) is 17.0 Å². The Morgan fingerprint density at radius 3 is 2.12 bits per heavy atom. The van der Waals surface area contributed by atoms with Gasteiger partial charge in [0.25, 0.3) is 0 Å². The number of anilines is 1. The molecule has 0 bridgehead atoms. The molecule has 1 amide bonds. The monoisotopic (exact) mass is 457 g/mol. The van der Waals surface area contributed by atoms with Crippen LogP contribution in [0.4, 0.5) is 5.69 Å². The predicted molar refractivity (Wildman–Crippen MR) is 123 cm³/mol. The lowest BCUT2D eigenvalue weighted by atomic mass is 9.76. The minimum Gasteiger partial charge on any atom is -0.497 e. The molecule has 1 saturated carbocycles. The molecule has 1 heterocycles. The maximum Gasteiger partial charge on any atom is 0.222 e. The van der Waals surface area contributed by atoms with Crippen molar-refractivity contribution in [1.82, 2.24) is 4.90 Å². The molecule has 4 rings (SSSR count). The van der Waals surface area contributed by atoms with Crippen molar-refractivity contribution in [3.63, 3.8) is 0 Å². The van der Waals surface area contributed by atoms with Crippen LogP contribution in [0.15, 0.2) is 48.5 Å². The second-order valence-electron chi connectivity index (χ2n) is 8.11. The Morgan fingerprint density at radius 2 is 1.59 bits per heavy atom. The van der Waals surface area contributed by atoms with Gasteiger partial charge in [-0.25, -0.2) is 0 Å². The Kier molecular flexibility index (Phi) is 6.23. The van der Waals surface area contributed by atoms with E-state index in [9.17, 15) is 15.0 Å². The number of hydrogen-bond donors (Lipinski definition) is 3. The Balaban J connectivity index is 1.75. The first-order valence-corrected chi connectivity index (χ1v) is 10.8. The predicted octanol–water partition coefficient (Wildman–Crippen LogP) is 1.28. The van der Waals surface area contributed by atoms with Crippen LogP contribution >= 0.6 is 12.2 Å². The first-order valence-electron chi connectivity index (χ1n) is 10.4. The fourth-order valence-electron chi connectivity index (χ4n) is 4.71. The van der Waals surface area contributed by atoms with Crippen molar-refractivity contribution in [2.24, 2.45) is 11.7 Å². The topological polar surface area (TPSA) is 108 Å². The molecular formula is C23H27N3O5S. The van der Waals surface area contributed by atoms with E-state index >= 15 is 0 Å². The summed E-state index contributed by atoms with van der Waals surface area (Å²) in [6.07, 6.45) is -2.09. The maximum absolute atomic E-state index is 12.4. The lowest BCUT2D eigenvalue weighted by Gasteiger charge is -2.42. The molecule has 2 aliphatic rings. The minimum atomic E-state index is -1.09. The Bertz CT molecular complexity index is 984. The number of methoxy groups -OCH3 is 2. The molecule has 2 aromatic rings. The van der Waals surface area contributed by atoms with Gasteiger partial charge in [-0.05, 0) is 60.6 Å². The summed E-state index contributed by atoms with van der Waals surface area (Å²) in [5.74, 6) is 0.214. The van der Waals surface area contributed by atoms with E-state index < -0.39 is 36.1 Å². The third kappa shape index (κ3) is 3.87. The number of hydrogen-bond acceptors (Lipinski definition) is 6. The van der Waals surface area contributed by atoms with E-state index in [0.29, 0.717) is 17.4 Å². The Hall–Kier alpha value is -2.88. The lowest BCUT2D eigenvalue weighted by Crippen LogP contribution is -2.60. The number of nitrogens with two attached hydrogens (primary N) is 1. The highest BCUT2D eigenvalue weighted by molar-refractivity contribution is 7.80. The molecule has 32 heavy (non-hydrogen) atoms. The normalized spacial score (nSPS) is 27.2. The van der Waals surface area contributed by atoms with Gasteiger partial charge in [0.15, 0.2) is 5.11 Å². The van der Waals surface area contributed by atoms with Crippen LogP contribution in [0.5, 0.6) is 11.5 Å². The molecule has 0 aromatic heterocycles. The number of aliphatic hydroxyl groups excluding tert-OH is 2. The van der Waals surface area contributed by atoms with E-state index in [2.05, 4.69) is 0 Å². The molecule has 0 unspecified atom stereocenters. The van der Waals surface area contributed by atoms with Crippen molar-refractivity contribution in [3.05, 3.63) is 54.1 Å². The molecule has 5 atom stereocenters. The number of aliphatic hydroxyl groups is 2. The molecule has 9 heteroatoms. The average molecular weight is 458 g/mol. The van der Waals surface area contributed by atoms with E-state index in [1.54, 1.807) is 14.2 Å². The molecule has 1 aliphatic carbocycles. The number of carbonyl (C=O) groups excluding carboxylic acids is 1. The summed E-state index contributed by atoms with van der Waals surface area (Å²) in [5, 5.41) is 22.0. The number of carbonyl (C=O) groups is 1. The van der Waals surface area contributed by atoms with Crippen molar-refractivity contribution in [2.75, 3.05) is 19.1 Å². The van der Waals surface area contributed by atoms with Crippen LogP contribution in [0.1, 0.15) is 12.0 Å². The Labute approximate surface area is 192 Å². The van der Waals surface area contributed by atoms with Gasteiger partial charge >= 0.3 is 0 Å². The summed E-state index contributed by atoms with van der Waals surface area (Å²) in [4.78, 5) is 16.1. The third-order valence-electron chi connectivity index (χ3n) is 6.34. The van der Waals surface area contributed by atoms with E-state index in [-0.39, 0.29) is 6.42 Å². The maximum atomic E-state index is 12.4. The highest BCUT2D eigenvalue weighted by Crippen LogP contribution is 2.41. The van der Waals surface area contributed by atoms with Gasteiger partial charge in [0, 0.05) is 12.2 Å². The highest BCUT2D eigenvalue weighted by atomic mass is 32.1. The first-order chi connectivity index (χ1) is 15.3. The molecule has 2 fully saturated rings. The lowest BCUT2D eigenvalue weighted by molar-refractivity contribution is -0.129. The molecule has 1 saturated heterocycles. The summed E-state index contributed by atoms with van der Waals surface area (Å²) >= 11 is 5.85. The summed E-state index contributed by atoms with van der Waals surface area (Å²) < 4.78 is 10.5. The fraction of sp³-hybridized carbons (Fsp3) is 0.391. The second kappa shape index (κ2) is 8.93. The molecular weight excluding hydrogens is 430 g/mol. The summed E-state index contributed by atoms with van der Waals surface area (Å²) in [5.41, 5.74) is 7.45. The van der Waals surface area contributed by atoms with Crippen molar-refractivity contribution in [1.29, 1.82) is 0 Å². The standard InChI is InChI=1S/C23H27N3O5S/c1-30-15-7-3-13(4-8-15)12-25-20-19(17(22(24)29)11-18(27)21(20)28)26(23(25)32)14-5-9-16(31-2)10-6-14/h3-10,17-21,27-28H,11-12H2,1-2H3,(H2,24,29)/t17-,18-,19-,20+,21+/m1/s1. The Morgan fingerprint density at radius 1 is 1.03 bits per heavy atom. The van der Waals surface area contributed by atoms with E-state index in [1.807, 2.05) is 58.3 Å². The second-order valence-corrected chi connectivity index (χ2v) is 8.48. The zero-order valence-electron chi connectivity index (χ0n) is 17.9. The molecule has 4 N–H and O–H groups in total. The van der Waals surface area contributed by atoms with Gasteiger partial charge in [-0.3, -0.25) is 4.79 Å². The number of nitrogens with zero attached hydrogens (tertiary/aromatic N) is 2. The minimum absolute atomic E-state index is 0.0727. The smallest absolute Gasteiger partial charge is 0.222 e. The quantitative estimate of drug-likeness (QED) is 0.557. The highest BCUT2D eigenvalue weighted by Gasteiger charge is 2.56. The van der Waals surface area contributed by atoms with Crippen LogP contribution in [0, 0.1) is 5.92 Å². The van der Waals surface area contributed by atoms with Crippen LogP contribution in [-0.4, -0.2) is 64.6 Å². The number of primary amides is 1. The van der Waals surface area contributed by atoms with E-state index in [4.69, 9.17) is 27.4 Å². The number of fused-ring (bicyclic) bond motifs is 1. The SMILES string of the molecule is COc1ccc(CN2C(=S)N(c3ccc(OC)cc3)[C@H]3[C@H]2[C@@H](O)[C@H](O)C[C@H]3C(N)=O)cc1. The van der Waals surface area contributed by atoms with Crippen LogP contribution in [0.3, 0.4) is 0 Å². The van der Waals surface area contributed by atoms with Gasteiger partial charge in [-0.1, -0.05) is 12.1 Å². The summed E-state index contributed by atoms with van der Waals surface area (Å²) in [6, 6.07) is 13.8. The fourth-order valence-corrected chi connectivity index (χ4v) is 5.13. The zero-order valence-corrected chi connectivity index (χ0v) is 18.7. The molecule has 2 aromatic carbocycles.